The number of hydrogen-bond acceptors (Lipinski definition) is 6. The van der Waals surface area contributed by atoms with E-state index in [1.54, 1.807) is 0 Å². The molecule has 33 heavy (non-hydrogen) atoms. The molecule has 3 heterocycles. The van der Waals surface area contributed by atoms with E-state index in [0.717, 1.165) is 63.2 Å². The molecule has 0 spiro atoms. The molecule has 7 nitrogen and oxygen atoms in total. The lowest BCUT2D eigenvalue weighted by Gasteiger charge is -2.38. The standard InChI is InChI=1S/C26H37N5O2/c1-18-13-19(2)15-21(14-18)28-24-27-16-20-17-31(10-6-7-23(20)29-24)22-8-11-30(12-9-22)25(32)33-26(3,4)5/h13-16,22H,6-12,17H2,1-5H3,(H,27,28,29). The number of nitrogens with zero attached hydrogens (tertiary/aromatic N) is 4. The van der Waals surface area contributed by atoms with Gasteiger partial charge in [0.2, 0.25) is 5.95 Å². The molecule has 1 fully saturated rings. The molecule has 2 aromatic rings. The maximum atomic E-state index is 12.4. The summed E-state index contributed by atoms with van der Waals surface area (Å²) in [7, 11) is 0. The summed E-state index contributed by atoms with van der Waals surface area (Å²) < 4.78 is 5.54. The lowest BCUT2D eigenvalue weighted by molar-refractivity contribution is 0.0138. The Morgan fingerprint density at radius 1 is 1.09 bits per heavy atom. The summed E-state index contributed by atoms with van der Waals surface area (Å²) in [5.41, 5.74) is 5.38. The Hall–Kier alpha value is -2.67. The van der Waals surface area contributed by atoms with Crippen molar-refractivity contribution < 1.29 is 9.53 Å². The van der Waals surface area contributed by atoms with Crippen molar-refractivity contribution in [3.8, 4) is 0 Å². The number of fused-ring (bicyclic) bond motifs is 1. The molecule has 1 amide bonds. The Morgan fingerprint density at radius 2 is 1.79 bits per heavy atom. The van der Waals surface area contributed by atoms with Crippen LogP contribution in [0, 0.1) is 13.8 Å². The summed E-state index contributed by atoms with van der Waals surface area (Å²) in [5, 5.41) is 3.38. The molecule has 0 saturated carbocycles. The van der Waals surface area contributed by atoms with Gasteiger partial charge in [0.05, 0.1) is 5.69 Å². The van der Waals surface area contributed by atoms with E-state index in [0.29, 0.717) is 12.0 Å². The monoisotopic (exact) mass is 451 g/mol. The number of piperidine rings is 1. The Balaban J connectivity index is 1.37. The Kier molecular flexibility index (Phi) is 6.88. The molecule has 7 heteroatoms. The second kappa shape index (κ2) is 9.67. The lowest BCUT2D eigenvalue weighted by atomic mass is 10.0. The fourth-order valence-corrected chi connectivity index (χ4v) is 4.83. The van der Waals surface area contributed by atoms with Crippen LogP contribution in [-0.4, -0.2) is 57.1 Å². The molecule has 4 rings (SSSR count). The lowest BCUT2D eigenvalue weighted by Crippen LogP contribution is -2.47. The van der Waals surface area contributed by atoms with Crippen LogP contribution in [0.5, 0.6) is 0 Å². The van der Waals surface area contributed by atoms with E-state index in [9.17, 15) is 4.79 Å². The highest BCUT2D eigenvalue weighted by Crippen LogP contribution is 2.26. The van der Waals surface area contributed by atoms with Crippen LogP contribution in [0.25, 0.3) is 0 Å². The number of hydrogen-bond donors (Lipinski definition) is 1. The first-order chi connectivity index (χ1) is 15.7. The van der Waals surface area contributed by atoms with E-state index in [1.807, 2.05) is 31.9 Å². The van der Waals surface area contributed by atoms with Crippen LogP contribution in [0.4, 0.5) is 16.4 Å². The zero-order valence-corrected chi connectivity index (χ0v) is 20.6. The molecule has 0 radical (unpaired) electrons. The summed E-state index contributed by atoms with van der Waals surface area (Å²) in [6.45, 7) is 13.4. The average Bonchev–Trinajstić information content (AvgIpc) is 2.94. The molecule has 1 saturated heterocycles. The summed E-state index contributed by atoms with van der Waals surface area (Å²) in [4.78, 5) is 26.3. The molecular weight excluding hydrogens is 414 g/mol. The first-order valence-corrected chi connectivity index (χ1v) is 12.1. The molecular formula is C26H37N5O2. The van der Waals surface area contributed by atoms with Crippen molar-refractivity contribution in [2.45, 2.75) is 78.5 Å². The van der Waals surface area contributed by atoms with Gasteiger partial charge in [-0.1, -0.05) is 6.07 Å². The highest BCUT2D eigenvalue weighted by molar-refractivity contribution is 5.68. The quantitative estimate of drug-likeness (QED) is 0.709. The summed E-state index contributed by atoms with van der Waals surface area (Å²) in [6.07, 6.45) is 5.79. The number of amides is 1. The van der Waals surface area contributed by atoms with Crippen LogP contribution in [-0.2, 0) is 17.7 Å². The predicted molar refractivity (Wildman–Crippen MR) is 131 cm³/mol. The SMILES string of the molecule is Cc1cc(C)cc(Nc2ncc3c(n2)CCCN(C2CCN(C(=O)OC(C)(C)C)CC2)C3)c1. The van der Waals surface area contributed by atoms with Crippen LogP contribution in [0.1, 0.15) is 62.4 Å². The number of likely N-dealkylation sites (tertiary alicyclic amines) is 1. The molecule has 178 valence electrons. The highest BCUT2D eigenvalue weighted by Gasteiger charge is 2.30. The number of carbonyl (C=O) groups excluding carboxylic acids is 1. The second-order valence-corrected chi connectivity index (χ2v) is 10.4. The van der Waals surface area contributed by atoms with E-state index >= 15 is 0 Å². The highest BCUT2D eigenvalue weighted by atomic mass is 16.6. The van der Waals surface area contributed by atoms with Crippen LogP contribution in [0.3, 0.4) is 0 Å². The third-order valence-electron chi connectivity index (χ3n) is 6.30. The van der Waals surface area contributed by atoms with Gasteiger partial charge in [0.15, 0.2) is 0 Å². The van der Waals surface area contributed by atoms with Crippen molar-refractivity contribution in [3.63, 3.8) is 0 Å². The maximum Gasteiger partial charge on any atom is 0.410 e. The van der Waals surface area contributed by atoms with E-state index in [-0.39, 0.29) is 6.09 Å². The summed E-state index contributed by atoms with van der Waals surface area (Å²) in [5.74, 6) is 0.665. The van der Waals surface area contributed by atoms with Gasteiger partial charge in [-0.3, -0.25) is 4.90 Å². The zero-order chi connectivity index (χ0) is 23.6. The van der Waals surface area contributed by atoms with Crippen molar-refractivity contribution in [3.05, 3.63) is 46.8 Å². The molecule has 2 aliphatic heterocycles. The van der Waals surface area contributed by atoms with E-state index in [2.05, 4.69) is 47.2 Å². The fraction of sp³-hybridized carbons (Fsp3) is 0.577. The number of benzene rings is 1. The first-order valence-electron chi connectivity index (χ1n) is 12.1. The van der Waals surface area contributed by atoms with Gasteiger partial charge in [-0.05, 0) is 90.1 Å². The number of anilines is 2. The third kappa shape index (κ3) is 6.22. The van der Waals surface area contributed by atoms with Crippen molar-refractivity contribution in [1.29, 1.82) is 0 Å². The van der Waals surface area contributed by atoms with Crippen LogP contribution in [0.15, 0.2) is 24.4 Å². The topological polar surface area (TPSA) is 70.6 Å². The van der Waals surface area contributed by atoms with Gasteiger partial charge in [0, 0.05) is 43.1 Å². The number of ether oxygens (including phenoxy) is 1. The smallest absolute Gasteiger partial charge is 0.410 e. The Labute approximate surface area is 197 Å². The van der Waals surface area contributed by atoms with Crippen molar-refractivity contribution in [2.75, 3.05) is 25.0 Å². The molecule has 0 bridgehead atoms. The van der Waals surface area contributed by atoms with Gasteiger partial charge >= 0.3 is 6.09 Å². The molecule has 2 aliphatic rings. The fourth-order valence-electron chi connectivity index (χ4n) is 4.83. The third-order valence-corrected chi connectivity index (χ3v) is 6.30. The number of carbonyl (C=O) groups is 1. The number of rotatable bonds is 3. The van der Waals surface area contributed by atoms with Gasteiger partial charge in [-0.15, -0.1) is 0 Å². The van der Waals surface area contributed by atoms with Crippen LogP contribution < -0.4 is 5.32 Å². The minimum absolute atomic E-state index is 0.195. The zero-order valence-electron chi connectivity index (χ0n) is 20.6. The number of aryl methyl sites for hydroxylation is 3. The van der Waals surface area contributed by atoms with Crippen molar-refractivity contribution in [1.82, 2.24) is 19.8 Å². The molecule has 1 aromatic heterocycles. The van der Waals surface area contributed by atoms with Gasteiger partial charge in [0.25, 0.3) is 0 Å². The van der Waals surface area contributed by atoms with E-state index in [4.69, 9.17) is 9.72 Å². The summed E-state index contributed by atoms with van der Waals surface area (Å²) in [6, 6.07) is 6.87. The Morgan fingerprint density at radius 3 is 2.45 bits per heavy atom. The Bertz CT molecular complexity index is 972. The second-order valence-electron chi connectivity index (χ2n) is 10.4. The minimum atomic E-state index is -0.450. The molecule has 1 N–H and O–H groups in total. The first kappa shape index (κ1) is 23.5. The molecule has 0 atom stereocenters. The normalized spacial score (nSPS) is 17.9. The average molecular weight is 452 g/mol. The van der Waals surface area contributed by atoms with E-state index < -0.39 is 5.60 Å². The van der Waals surface area contributed by atoms with Crippen molar-refractivity contribution in [2.24, 2.45) is 0 Å². The predicted octanol–water partition coefficient (Wildman–Crippen LogP) is 4.98. The maximum absolute atomic E-state index is 12.4. The number of nitrogens with one attached hydrogen (secondary N) is 1. The van der Waals surface area contributed by atoms with Crippen LogP contribution in [0.2, 0.25) is 0 Å². The van der Waals surface area contributed by atoms with Gasteiger partial charge in [-0.25, -0.2) is 14.8 Å². The van der Waals surface area contributed by atoms with Gasteiger partial charge in [-0.2, -0.15) is 0 Å². The largest absolute Gasteiger partial charge is 0.444 e. The molecule has 0 aliphatic carbocycles. The van der Waals surface area contributed by atoms with Crippen LogP contribution >= 0.6 is 0 Å². The molecule has 1 aromatic carbocycles. The summed E-state index contributed by atoms with van der Waals surface area (Å²) >= 11 is 0. The minimum Gasteiger partial charge on any atom is -0.444 e. The molecule has 0 unspecified atom stereocenters. The van der Waals surface area contributed by atoms with Crippen molar-refractivity contribution >= 4 is 17.7 Å². The van der Waals surface area contributed by atoms with Gasteiger partial charge in [0.1, 0.15) is 5.60 Å². The van der Waals surface area contributed by atoms with E-state index in [1.165, 1.54) is 16.7 Å². The van der Waals surface area contributed by atoms with Gasteiger partial charge < -0.3 is 15.0 Å². The number of aromatic nitrogens is 2.